The summed E-state index contributed by atoms with van der Waals surface area (Å²) in [5, 5.41) is 0. The predicted molar refractivity (Wildman–Crippen MR) is 68.2 cm³/mol. The van der Waals surface area contributed by atoms with Crippen LogP contribution in [-0.4, -0.2) is 14.9 Å². The molecule has 0 saturated heterocycles. The largest absolute Gasteiger partial charge is 0.544 e. The van der Waals surface area contributed by atoms with Crippen LogP contribution in [0.3, 0.4) is 0 Å². The second kappa shape index (κ2) is 7.57. The lowest BCUT2D eigenvalue weighted by Gasteiger charge is -2.28. The molecule has 0 aromatic carbocycles. The minimum absolute atomic E-state index is 0.682. The van der Waals surface area contributed by atoms with Crippen molar-refractivity contribution in [1.82, 2.24) is 0 Å². The first-order valence-corrected chi connectivity index (χ1v) is 8.33. The van der Waals surface area contributed by atoms with Gasteiger partial charge in [-0.25, -0.2) is 0 Å². The Morgan fingerprint density at radius 1 is 1.13 bits per heavy atom. The van der Waals surface area contributed by atoms with Crippen molar-refractivity contribution in [2.45, 2.75) is 45.8 Å². The van der Waals surface area contributed by atoms with Gasteiger partial charge in [0.1, 0.15) is 0 Å². The van der Waals surface area contributed by atoms with Crippen LogP contribution in [-0.2, 0) is 9.16 Å². The molecule has 0 aromatic heterocycles. The van der Waals surface area contributed by atoms with Crippen LogP contribution in [0, 0.1) is 0 Å². The Labute approximate surface area is 95.1 Å². The van der Waals surface area contributed by atoms with Crippen LogP contribution in [0.1, 0.15) is 27.7 Å². The van der Waals surface area contributed by atoms with Crippen LogP contribution in [0.5, 0.6) is 0 Å². The number of hydrogen-bond donors (Lipinski definition) is 0. The van der Waals surface area contributed by atoms with Crippen LogP contribution in [0.25, 0.3) is 0 Å². The fourth-order valence-corrected chi connectivity index (χ4v) is 4.06. The second-order valence-electron chi connectivity index (χ2n) is 3.57. The maximum atomic E-state index is 6.01. The van der Waals surface area contributed by atoms with Crippen molar-refractivity contribution in [3.63, 3.8) is 0 Å². The highest BCUT2D eigenvalue weighted by Crippen LogP contribution is 2.24. The minimum Gasteiger partial charge on any atom is -0.544 e. The van der Waals surface area contributed by atoms with Gasteiger partial charge in [-0.05, 0) is 25.1 Å². The average molecular weight is 228 g/mol. The number of hydrogen-bond acceptors (Lipinski definition) is 2. The molecule has 0 aliphatic heterocycles. The van der Waals surface area contributed by atoms with Gasteiger partial charge in [0.2, 0.25) is 8.32 Å². The molecule has 0 aliphatic rings. The molecule has 0 heterocycles. The molecule has 15 heavy (non-hydrogen) atoms. The predicted octanol–water partition coefficient (Wildman–Crippen LogP) is 4.07. The van der Waals surface area contributed by atoms with Gasteiger partial charge in [0.15, 0.2) is 0 Å². The van der Waals surface area contributed by atoms with Crippen LogP contribution < -0.4 is 0 Å². The van der Waals surface area contributed by atoms with Crippen molar-refractivity contribution < 1.29 is 9.16 Å². The van der Waals surface area contributed by atoms with Gasteiger partial charge in [0, 0.05) is 6.08 Å². The summed E-state index contributed by atoms with van der Waals surface area (Å²) in [7, 11) is -1.55. The van der Waals surface area contributed by atoms with E-state index in [0.29, 0.717) is 6.61 Å². The highest BCUT2D eigenvalue weighted by Gasteiger charge is 2.30. The molecule has 0 atom stereocenters. The SMILES string of the molecule is C=C(/C=C/OCC)O[Si](CC)(CC)CC. The highest BCUT2D eigenvalue weighted by molar-refractivity contribution is 6.73. The molecule has 0 N–H and O–H groups in total. The van der Waals surface area contributed by atoms with E-state index in [2.05, 4.69) is 27.4 Å². The Kier molecular flexibility index (Phi) is 7.22. The third kappa shape index (κ3) is 5.07. The zero-order valence-electron chi connectivity index (χ0n) is 10.5. The fourth-order valence-electron chi connectivity index (χ4n) is 1.50. The van der Waals surface area contributed by atoms with E-state index in [-0.39, 0.29) is 0 Å². The zero-order valence-corrected chi connectivity index (χ0v) is 11.5. The molecule has 0 unspecified atom stereocenters. The average Bonchev–Trinajstić information content (AvgIpc) is 2.26. The van der Waals surface area contributed by atoms with Crippen molar-refractivity contribution in [3.8, 4) is 0 Å². The molecule has 0 rings (SSSR count). The van der Waals surface area contributed by atoms with Gasteiger partial charge in [-0.1, -0.05) is 27.4 Å². The van der Waals surface area contributed by atoms with Crippen molar-refractivity contribution in [2.75, 3.05) is 6.61 Å². The number of allylic oxidation sites excluding steroid dienone is 1. The van der Waals surface area contributed by atoms with Gasteiger partial charge < -0.3 is 9.16 Å². The maximum Gasteiger partial charge on any atom is 0.250 e. The summed E-state index contributed by atoms with van der Waals surface area (Å²) < 4.78 is 11.1. The van der Waals surface area contributed by atoms with Gasteiger partial charge in [0.05, 0.1) is 18.6 Å². The molecule has 2 nitrogen and oxygen atoms in total. The van der Waals surface area contributed by atoms with Crippen LogP contribution >= 0.6 is 0 Å². The number of rotatable bonds is 8. The Morgan fingerprint density at radius 2 is 1.67 bits per heavy atom. The molecule has 0 aliphatic carbocycles. The van der Waals surface area contributed by atoms with E-state index in [1.807, 2.05) is 13.0 Å². The third-order valence-corrected chi connectivity index (χ3v) is 7.36. The van der Waals surface area contributed by atoms with E-state index in [1.165, 1.54) is 0 Å². The van der Waals surface area contributed by atoms with Gasteiger partial charge in [0.25, 0.3) is 0 Å². The van der Waals surface area contributed by atoms with Crippen molar-refractivity contribution in [3.05, 3.63) is 24.7 Å². The van der Waals surface area contributed by atoms with E-state index >= 15 is 0 Å². The molecule has 3 heteroatoms. The quantitative estimate of drug-likeness (QED) is 0.354. The lowest BCUT2D eigenvalue weighted by atomic mass is 10.5. The summed E-state index contributed by atoms with van der Waals surface area (Å²) in [6.45, 7) is 13.2. The molecule has 0 aromatic rings. The van der Waals surface area contributed by atoms with Crippen molar-refractivity contribution in [2.24, 2.45) is 0 Å². The summed E-state index contributed by atoms with van der Waals surface area (Å²) in [6, 6.07) is 3.42. The van der Waals surface area contributed by atoms with Crippen LogP contribution in [0.4, 0.5) is 0 Å². The topological polar surface area (TPSA) is 18.5 Å². The van der Waals surface area contributed by atoms with E-state index in [4.69, 9.17) is 9.16 Å². The van der Waals surface area contributed by atoms with Crippen molar-refractivity contribution >= 4 is 8.32 Å². The first-order valence-electron chi connectivity index (χ1n) is 5.80. The Morgan fingerprint density at radius 3 is 2.07 bits per heavy atom. The summed E-state index contributed by atoms with van der Waals surface area (Å²) in [5.41, 5.74) is 0. The van der Waals surface area contributed by atoms with Crippen LogP contribution in [0.15, 0.2) is 24.7 Å². The zero-order chi connectivity index (χ0) is 11.7. The van der Waals surface area contributed by atoms with Gasteiger partial charge in [-0.2, -0.15) is 0 Å². The first kappa shape index (κ1) is 14.3. The van der Waals surface area contributed by atoms with E-state index < -0.39 is 8.32 Å². The Bertz CT molecular complexity index is 199. The van der Waals surface area contributed by atoms with E-state index in [1.54, 1.807) is 6.26 Å². The Hall–Kier alpha value is -0.703. The summed E-state index contributed by atoms with van der Waals surface area (Å²) in [6.07, 6.45) is 3.47. The maximum absolute atomic E-state index is 6.01. The minimum atomic E-state index is -1.55. The first-order chi connectivity index (χ1) is 7.14. The smallest absolute Gasteiger partial charge is 0.250 e. The van der Waals surface area contributed by atoms with E-state index in [9.17, 15) is 0 Å². The molecular formula is C12H24O2Si. The molecule has 0 spiro atoms. The third-order valence-electron chi connectivity index (χ3n) is 2.80. The highest BCUT2D eigenvalue weighted by atomic mass is 28.4. The lowest BCUT2D eigenvalue weighted by molar-refractivity contribution is 0.267. The normalized spacial score (nSPS) is 11.7. The molecular weight excluding hydrogens is 204 g/mol. The summed E-state index contributed by atoms with van der Waals surface area (Å²) in [4.78, 5) is 0. The number of ether oxygens (including phenoxy) is 1. The van der Waals surface area contributed by atoms with Gasteiger partial charge in [-0.15, -0.1) is 0 Å². The molecule has 0 bridgehead atoms. The molecule has 0 amide bonds. The fraction of sp³-hybridized carbons (Fsp3) is 0.667. The summed E-state index contributed by atoms with van der Waals surface area (Å²) in [5.74, 6) is 0.737. The molecule has 0 fully saturated rings. The van der Waals surface area contributed by atoms with E-state index in [0.717, 1.165) is 23.9 Å². The van der Waals surface area contributed by atoms with Gasteiger partial charge in [-0.3, -0.25) is 0 Å². The summed E-state index contributed by atoms with van der Waals surface area (Å²) >= 11 is 0. The monoisotopic (exact) mass is 228 g/mol. The van der Waals surface area contributed by atoms with Crippen molar-refractivity contribution in [1.29, 1.82) is 0 Å². The molecule has 0 saturated carbocycles. The molecule has 0 radical (unpaired) electrons. The Balaban J connectivity index is 4.23. The van der Waals surface area contributed by atoms with Crippen LogP contribution in [0.2, 0.25) is 18.1 Å². The second-order valence-corrected chi connectivity index (χ2v) is 8.26. The van der Waals surface area contributed by atoms with Gasteiger partial charge >= 0.3 is 0 Å². The molecule has 88 valence electrons. The standard InChI is InChI=1S/C12H24O2Si/c1-6-13-11-10-12(5)14-15(7-2,8-3)9-4/h10-11H,5-9H2,1-4H3/b11-10+. The lowest BCUT2D eigenvalue weighted by Crippen LogP contribution is -2.34.